The van der Waals surface area contributed by atoms with Crippen molar-refractivity contribution in [3.05, 3.63) is 35.9 Å². The smallest absolute Gasteiger partial charge is 0.404 e. The first-order chi connectivity index (χ1) is 12.0. The van der Waals surface area contributed by atoms with Gasteiger partial charge in [0, 0.05) is 5.92 Å². The molecule has 2 aliphatic rings. The highest BCUT2D eigenvalue weighted by Gasteiger charge is 2.54. The quantitative estimate of drug-likeness (QED) is 0.798. The van der Waals surface area contributed by atoms with Gasteiger partial charge in [-0.3, -0.25) is 0 Å². The molecule has 6 nitrogen and oxygen atoms in total. The first-order valence-electron chi connectivity index (χ1n) is 8.73. The highest BCUT2D eigenvalue weighted by molar-refractivity contribution is 5.64. The molecule has 1 aromatic carbocycles. The molecule has 3 rings (SSSR count). The number of aliphatic hydroxyl groups is 1. The van der Waals surface area contributed by atoms with E-state index in [1.54, 1.807) is 0 Å². The van der Waals surface area contributed by atoms with E-state index < -0.39 is 11.7 Å². The monoisotopic (exact) mass is 344 g/mol. The van der Waals surface area contributed by atoms with Gasteiger partial charge >= 0.3 is 6.09 Å². The van der Waals surface area contributed by atoms with E-state index in [-0.39, 0.29) is 23.9 Å². The zero-order valence-corrected chi connectivity index (χ0v) is 14.1. The average molecular weight is 344 g/mol. The molecular formula is C19H24N2O4. The first-order valence-corrected chi connectivity index (χ1v) is 8.73. The Bertz CT molecular complexity index is 645. The Morgan fingerprint density at radius 2 is 2.12 bits per heavy atom. The van der Waals surface area contributed by atoms with Crippen molar-refractivity contribution < 1.29 is 19.4 Å². The second kappa shape index (κ2) is 7.42. The Morgan fingerprint density at radius 1 is 1.36 bits per heavy atom. The van der Waals surface area contributed by atoms with Crippen LogP contribution < -0.4 is 5.73 Å². The van der Waals surface area contributed by atoms with Crippen LogP contribution in [-0.4, -0.2) is 29.5 Å². The fourth-order valence-electron chi connectivity index (χ4n) is 4.45. The second-order valence-electron chi connectivity index (χ2n) is 7.14. The van der Waals surface area contributed by atoms with E-state index in [1.165, 1.54) is 0 Å². The van der Waals surface area contributed by atoms with Crippen molar-refractivity contribution in [3.63, 3.8) is 0 Å². The summed E-state index contributed by atoms with van der Waals surface area (Å²) in [6.45, 7) is 0.811. The zero-order valence-electron chi connectivity index (χ0n) is 14.1. The van der Waals surface area contributed by atoms with Crippen LogP contribution in [0.1, 0.15) is 31.2 Å². The van der Waals surface area contributed by atoms with Gasteiger partial charge in [-0.25, -0.2) is 4.79 Å². The van der Waals surface area contributed by atoms with Gasteiger partial charge in [0.05, 0.1) is 19.3 Å². The molecule has 0 bridgehead atoms. The lowest BCUT2D eigenvalue weighted by atomic mass is 9.76. The van der Waals surface area contributed by atoms with Gasteiger partial charge in [0.2, 0.25) is 0 Å². The van der Waals surface area contributed by atoms with Gasteiger partial charge in [-0.05, 0) is 43.1 Å². The normalized spacial score (nSPS) is 34.1. The van der Waals surface area contributed by atoms with Gasteiger partial charge in [0.15, 0.2) is 5.60 Å². The van der Waals surface area contributed by atoms with Crippen LogP contribution in [0.25, 0.3) is 0 Å². The molecule has 2 fully saturated rings. The van der Waals surface area contributed by atoms with E-state index in [0.717, 1.165) is 12.0 Å². The first kappa shape index (κ1) is 17.7. The number of amides is 1. The molecule has 0 saturated heterocycles. The minimum Gasteiger partial charge on any atom is -0.446 e. The fourth-order valence-corrected chi connectivity index (χ4v) is 4.45. The predicted molar refractivity (Wildman–Crippen MR) is 90.1 cm³/mol. The standard InChI is InChI=1S/C19H24N2O4/c20-12-19(23)9-14-8-15(25-18(21)22)6-7-16(14)17(19)11-24-10-13-4-2-1-3-5-13/h1-5,14-17,23H,6-11H2,(H2,21,22). The lowest BCUT2D eigenvalue weighted by Gasteiger charge is -2.33. The number of nitrogens with zero attached hydrogens (tertiary/aromatic N) is 1. The number of primary amides is 1. The Morgan fingerprint density at radius 3 is 2.80 bits per heavy atom. The van der Waals surface area contributed by atoms with Crippen molar-refractivity contribution in [3.8, 4) is 6.07 Å². The van der Waals surface area contributed by atoms with E-state index in [0.29, 0.717) is 32.5 Å². The lowest BCUT2D eigenvalue weighted by molar-refractivity contribution is -0.0219. The SMILES string of the molecule is N#CC1(O)CC2CC(OC(N)=O)CCC2C1COCc1ccccc1. The van der Waals surface area contributed by atoms with Crippen molar-refractivity contribution in [2.45, 2.75) is 44.0 Å². The number of carbonyl (C=O) groups excluding carboxylic acids is 1. The highest BCUT2D eigenvalue weighted by Crippen LogP contribution is 2.51. The van der Waals surface area contributed by atoms with Gasteiger partial charge in [0.1, 0.15) is 6.10 Å². The summed E-state index contributed by atoms with van der Waals surface area (Å²) < 4.78 is 10.9. The second-order valence-corrected chi connectivity index (χ2v) is 7.14. The molecule has 3 N–H and O–H groups in total. The molecule has 134 valence electrons. The lowest BCUT2D eigenvalue weighted by Crippen LogP contribution is -2.38. The Hall–Kier alpha value is -2.10. The summed E-state index contributed by atoms with van der Waals surface area (Å²) >= 11 is 0. The third kappa shape index (κ3) is 3.94. The fraction of sp³-hybridized carbons (Fsp3) is 0.579. The summed E-state index contributed by atoms with van der Waals surface area (Å²) in [5.74, 6) is 0.127. The van der Waals surface area contributed by atoms with Crippen molar-refractivity contribution in [2.75, 3.05) is 6.61 Å². The molecule has 6 heteroatoms. The number of rotatable bonds is 5. The number of benzene rings is 1. The molecule has 2 saturated carbocycles. The zero-order chi connectivity index (χ0) is 17.9. The van der Waals surface area contributed by atoms with E-state index in [9.17, 15) is 15.2 Å². The van der Waals surface area contributed by atoms with E-state index in [2.05, 4.69) is 6.07 Å². The number of hydrogen-bond acceptors (Lipinski definition) is 5. The minimum absolute atomic E-state index is 0.146. The van der Waals surface area contributed by atoms with Crippen LogP contribution in [0.4, 0.5) is 4.79 Å². The molecule has 5 atom stereocenters. The summed E-state index contributed by atoms with van der Waals surface area (Å²) in [6.07, 6.45) is 1.57. The number of hydrogen-bond donors (Lipinski definition) is 2. The van der Waals surface area contributed by atoms with Crippen LogP contribution in [0.15, 0.2) is 30.3 Å². The topological polar surface area (TPSA) is 106 Å². The Kier molecular flexibility index (Phi) is 5.26. The van der Waals surface area contributed by atoms with Crippen molar-refractivity contribution in [2.24, 2.45) is 23.5 Å². The molecule has 5 unspecified atom stereocenters. The number of ether oxygens (including phenoxy) is 2. The molecule has 0 heterocycles. The van der Waals surface area contributed by atoms with Crippen molar-refractivity contribution >= 4 is 6.09 Å². The van der Waals surface area contributed by atoms with Crippen LogP contribution in [0.5, 0.6) is 0 Å². The summed E-state index contributed by atoms with van der Waals surface area (Å²) in [6, 6.07) is 11.9. The molecule has 25 heavy (non-hydrogen) atoms. The summed E-state index contributed by atoms with van der Waals surface area (Å²) in [7, 11) is 0. The van der Waals surface area contributed by atoms with Crippen LogP contribution >= 0.6 is 0 Å². The van der Waals surface area contributed by atoms with E-state index in [4.69, 9.17) is 15.2 Å². The van der Waals surface area contributed by atoms with Gasteiger partial charge in [0.25, 0.3) is 0 Å². The third-order valence-corrected chi connectivity index (χ3v) is 5.58. The third-order valence-electron chi connectivity index (χ3n) is 5.58. The maximum atomic E-state index is 11.0. The largest absolute Gasteiger partial charge is 0.446 e. The summed E-state index contributed by atoms with van der Waals surface area (Å²) in [5.41, 5.74) is 4.79. The molecule has 1 aromatic rings. The minimum atomic E-state index is -1.38. The van der Waals surface area contributed by atoms with Crippen molar-refractivity contribution in [1.82, 2.24) is 0 Å². The van der Waals surface area contributed by atoms with E-state index in [1.807, 2.05) is 30.3 Å². The summed E-state index contributed by atoms with van der Waals surface area (Å²) in [5, 5.41) is 20.3. The Labute approximate surface area is 147 Å². The highest BCUT2D eigenvalue weighted by atomic mass is 16.6. The average Bonchev–Trinajstić information content (AvgIpc) is 2.87. The maximum Gasteiger partial charge on any atom is 0.404 e. The summed E-state index contributed by atoms with van der Waals surface area (Å²) in [4.78, 5) is 11.0. The van der Waals surface area contributed by atoms with Gasteiger partial charge in [-0.15, -0.1) is 0 Å². The van der Waals surface area contributed by atoms with Crippen LogP contribution in [0, 0.1) is 29.1 Å². The Balaban J connectivity index is 1.62. The predicted octanol–water partition coefficient (Wildman–Crippen LogP) is 2.36. The van der Waals surface area contributed by atoms with Crippen molar-refractivity contribution in [1.29, 1.82) is 5.26 Å². The molecule has 2 aliphatic carbocycles. The van der Waals surface area contributed by atoms with Crippen LogP contribution in [-0.2, 0) is 16.1 Å². The number of nitriles is 1. The molecule has 0 spiro atoms. The molecule has 1 amide bonds. The molecule has 0 radical (unpaired) electrons. The number of nitrogens with two attached hydrogens (primary N) is 1. The van der Waals surface area contributed by atoms with E-state index >= 15 is 0 Å². The number of fused-ring (bicyclic) bond motifs is 1. The molecule has 0 aliphatic heterocycles. The van der Waals surface area contributed by atoms with Crippen LogP contribution in [0.3, 0.4) is 0 Å². The van der Waals surface area contributed by atoms with Gasteiger partial charge < -0.3 is 20.3 Å². The van der Waals surface area contributed by atoms with Crippen LogP contribution in [0.2, 0.25) is 0 Å². The maximum absolute atomic E-state index is 11.0. The molecular weight excluding hydrogens is 320 g/mol. The molecule has 0 aromatic heterocycles. The van der Waals surface area contributed by atoms with Gasteiger partial charge in [-0.2, -0.15) is 5.26 Å². The number of carbonyl (C=O) groups is 1. The van der Waals surface area contributed by atoms with Gasteiger partial charge in [-0.1, -0.05) is 30.3 Å².